The van der Waals surface area contributed by atoms with Crippen molar-refractivity contribution in [3.05, 3.63) is 40.0 Å². The molecule has 1 aromatic heterocycles. The van der Waals surface area contributed by atoms with E-state index in [-0.39, 0.29) is 12.3 Å². The van der Waals surface area contributed by atoms with Crippen molar-refractivity contribution in [2.75, 3.05) is 6.54 Å². The Kier molecular flexibility index (Phi) is 3.90. The third-order valence-electron chi connectivity index (χ3n) is 1.57. The van der Waals surface area contributed by atoms with Gasteiger partial charge in [0.2, 0.25) is 0 Å². The van der Waals surface area contributed by atoms with Crippen LogP contribution in [0.2, 0.25) is 0 Å². The van der Waals surface area contributed by atoms with Gasteiger partial charge in [0.1, 0.15) is 5.69 Å². The minimum Gasteiger partial charge on any atom is -0.293 e. The fraction of sp³-hybridized carbons (Fsp3) is 0.200. The Hall–Kier alpha value is -2.31. The molecule has 0 saturated heterocycles. The number of ketones is 1. The molecule has 1 aromatic rings. The van der Waals surface area contributed by atoms with Crippen molar-refractivity contribution < 1.29 is 4.79 Å². The van der Waals surface area contributed by atoms with E-state index in [1.165, 1.54) is 13.1 Å². The van der Waals surface area contributed by atoms with Gasteiger partial charge in [-0.15, -0.1) is 0 Å². The van der Waals surface area contributed by atoms with Crippen molar-refractivity contribution in [1.29, 1.82) is 0 Å². The number of nitrogens with zero attached hydrogens (tertiary/aromatic N) is 4. The molecule has 0 bridgehead atoms. The summed E-state index contributed by atoms with van der Waals surface area (Å²) in [6.45, 7) is 1.58. The third kappa shape index (κ3) is 3.51. The zero-order valence-corrected chi connectivity index (χ0v) is 8.14. The lowest BCUT2D eigenvalue weighted by Gasteiger charge is -1.93. The van der Waals surface area contributed by atoms with E-state index in [1.807, 2.05) is 0 Å². The number of pyridine rings is 1. The van der Waals surface area contributed by atoms with E-state index in [2.05, 4.69) is 26.9 Å². The van der Waals surface area contributed by atoms with Gasteiger partial charge in [-0.3, -0.25) is 9.78 Å². The number of aromatic nitrogens is 1. The average Bonchev–Trinajstić information content (AvgIpc) is 2.25. The Balaban J connectivity index is 2.75. The van der Waals surface area contributed by atoms with Crippen LogP contribution in [-0.2, 0) is 0 Å². The van der Waals surface area contributed by atoms with Crippen LogP contribution >= 0.6 is 0 Å². The van der Waals surface area contributed by atoms with Crippen LogP contribution in [0.5, 0.6) is 0 Å². The van der Waals surface area contributed by atoms with E-state index in [4.69, 9.17) is 5.53 Å². The minimum atomic E-state index is -0.0800. The molecule has 0 fully saturated rings. The van der Waals surface area contributed by atoms with Gasteiger partial charge in [0.05, 0.1) is 6.54 Å². The summed E-state index contributed by atoms with van der Waals surface area (Å²) in [5.41, 5.74) is 9.10. The fourth-order valence-electron chi connectivity index (χ4n) is 0.885. The maximum atomic E-state index is 10.9. The van der Waals surface area contributed by atoms with E-state index in [0.717, 1.165) is 0 Å². The predicted molar refractivity (Wildman–Crippen MR) is 55.1 cm³/mol. The topological polar surface area (TPSA) is 78.7 Å². The van der Waals surface area contributed by atoms with Crippen molar-refractivity contribution in [3.63, 3.8) is 0 Å². The highest BCUT2D eigenvalue weighted by Crippen LogP contribution is 1.99. The first-order chi connectivity index (χ1) is 7.24. The molecule has 5 heteroatoms. The van der Waals surface area contributed by atoms with Crippen molar-refractivity contribution in [3.8, 4) is 11.8 Å². The zero-order chi connectivity index (χ0) is 11.1. The first-order valence-corrected chi connectivity index (χ1v) is 4.21. The summed E-state index contributed by atoms with van der Waals surface area (Å²) in [4.78, 5) is 17.4. The van der Waals surface area contributed by atoms with Crippen molar-refractivity contribution in [2.24, 2.45) is 5.11 Å². The van der Waals surface area contributed by atoms with E-state index >= 15 is 0 Å². The zero-order valence-electron chi connectivity index (χ0n) is 8.14. The summed E-state index contributed by atoms with van der Waals surface area (Å²) in [6, 6.07) is 3.31. The van der Waals surface area contributed by atoms with E-state index < -0.39 is 0 Å². The number of hydrogen-bond acceptors (Lipinski definition) is 3. The van der Waals surface area contributed by atoms with Gasteiger partial charge >= 0.3 is 0 Å². The van der Waals surface area contributed by atoms with Crippen LogP contribution in [0.3, 0.4) is 0 Å². The summed E-state index contributed by atoms with van der Waals surface area (Å²) in [5.74, 6) is 5.33. The molecule has 0 atom stereocenters. The second kappa shape index (κ2) is 5.43. The van der Waals surface area contributed by atoms with Crippen LogP contribution in [-0.4, -0.2) is 17.3 Å². The molecule has 0 N–H and O–H groups in total. The Morgan fingerprint density at radius 2 is 2.47 bits per heavy atom. The smallest absolute Gasteiger partial charge is 0.178 e. The highest BCUT2D eigenvalue weighted by molar-refractivity contribution is 5.92. The number of Topliss-reactive ketones (excluding diaryl/α,β-unsaturated/α-hetero) is 1. The van der Waals surface area contributed by atoms with E-state index in [0.29, 0.717) is 11.3 Å². The lowest BCUT2D eigenvalue weighted by molar-refractivity contribution is 0.101. The maximum Gasteiger partial charge on any atom is 0.178 e. The molecule has 0 aliphatic carbocycles. The molecule has 0 aromatic carbocycles. The Morgan fingerprint density at radius 1 is 1.67 bits per heavy atom. The van der Waals surface area contributed by atoms with Gasteiger partial charge in [-0.2, -0.15) is 0 Å². The molecule has 0 radical (unpaired) electrons. The number of azide groups is 1. The summed E-state index contributed by atoms with van der Waals surface area (Å²) in [6.07, 6.45) is 1.51. The molecule has 1 rings (SSSR count). The lowest BCUT2D eigenvalue weighted by atomic mass is 10.2. The van der Waals surface area contributed by atoms with Crippen LogP contribution in [0.1, 0.15) is 23.0 Å². The highest BCUT2D eigenvalue weighted by Gasteiger charge is 1.98. The minimum absolute atomic E-state index is 0.0800. The van der Waals surface area contributed by atoms with Crippen molar-refractivity contribution in [2.45, 2.75) is 6.92 Å². The molecule has 5 nitrogen and oxygen atoms in total. The summed E-state index contributed by atoms with van der Waals surface area (Å²) in [7, 11) is 0. The molecule has 0 spiro atoms. The Morgan fingerprint density at radius 3 is 3.00 bits per heavy atom. The summed E-state index contributed by atoms with van der Waals surface area (Å²) >= 11 is 0. The van der Waals surface area contributed by atoms with Crippen LogP contribution in [0.4, 0.5) is 0 Å². The quantitative estimate of drug-likeness (QED) is 0.240. The second-order valence-corrected chi connectivity index (χ2v) is 2.68. The van der Waals surface area contributed by atoms with Gasteiger partial charge in [0, 0.05) is 23.6 Å². The molecular weight excluding hydrogens is 192 g/mol. The summed E-state index contributed by atoms with van der Waals surface area (Å²) in [5, 5.41) is 3.27. The Bertz CT molecular complexity index is 460. The molecular formula is C10H8N4O. The van der Waals surface area contributed by atoms with Gasteiger partial charge < -0.3 is 0 Å². The van der Waals surface area contributed by atoms with Gasteiger partial charge in [-0.25, -0.2) is 0 Å². The highest BCUT2D eigenvalue weighted by atomic mass is 16.1. The molecule has 1 heterocycles. The normalized spacial score (nSPS) is 8.33. The van der Waals surface area contributed by atoms with Crippen LogP contribution < -0.4 is 0 Å². The summed E-state index contributed by atoms with van der Waals surface area (Å²) < 4.78 is 0. The molecule has 0 aliphatic heterocycles. The predicted octanol–water partition coefficient (Wildman–Crippen LogP) is 1.95. The van der Waals surface area contributed by atoms with Crippen molar-refractivity contribution >= 4 is 5.78 Å². The van der Waals surface area contributed by atoms with Crippen LogP contribution in [0.15, 0.2) is 23.4 Å². The largest absolute Gasteiger partial charge is 0.293 e. The van der Waals surface area contributed by atoms with E-state index in [1.54, 1.807) is 12.1 Å². The molecule has 0 aliphatic rings. The third-order valence-corrected chi connectivity index (χ3v) is 1.57. The molecule has 15 heavy (non-hydrogen) atoms. The lowest BCUT2D eigenvalue weighted by Crippen LogP contribution is -1.95. The number of rotatable bonds is 2. The van der Waals surface area contributed by atoms with E-state index in [9.17, 15) is 4.79 Å². The number of carbonyl (C=O) groups is 1. The monoisotopic (exact) mass is 200 g/mol. The molecule has 0 unspecified atom stereocenters. The van der Waals surface area contributed by atoms with Crippen LogP contribution in [0.25, 0.3) is 10.4 Å². The standard InChI is InChI=1S/C10H8N4O/c1-8(15)10-5-4-9(7-12-10)3-2-6-13-14-11/h4-5,7H,6H2,1H3. The Labute approximate surface area is 86.8 Å². The first kappa shape index (κ1) is 10.8. The second-order valence-electron chi connectivity index (χ2n) is 2.68. The van der Waals surface area contributed by atoms with Crippen LogP contribution in [0, 0.1) is 11.8 Å². The molecule has 0 saturated carbocycles. The SMILES string of the molecule is CC(=O)c1ccc(C#CCN=[N+]=[N-])cn1. The number of carbonyl (C=O) groups excluding carboxylic acids is 1. The fourth-order valence-corrected chi connectivity index (χ4v) is 0.885. The van der Waals surface area contributed by atoms with Gasteiger partial charge in [0.15, 0.2) is 5.78 Å². The van der Waals surface area contributed by atoms with Gasteiger partial charge in [-0.1, -0.05) is 17.0 Å². The maximum absolute atomic E-state index is 10.9. The average molecular weight is 200 g/mol. The number of hydrogen-bond donors (Lipinski definition) is 0. The van der Waals surface area contributed by atoms with Gasteiger partial charge in [0.25, 0.3) is 0 Å². The van der Waals surface area contributed by atoms with Crippen molar-refractivity contribution in [1.82, 2.24) is 4.98 Å². The van der Waals surface area contributed by atoms with Gasteiger partial charge in [-0.05, 0) is 17.7 Å². The molecule has 74 valence electrons. The molecule has 0 amide bonds. The first-order valence-electron chi connectivity index (χ1n) is 4.21.